The van der Waals surface area contributed by atoms with E-state index in [1.54, 1.807) is 36.4 Å². The molecule has 0 saturated carbocycles. The number of halogens is 2. The number of amides is 2. The number of ether oxygens (including phenoxy) is 2. The fourth-order valence-corrected chi connectivity index (χ4v) is 3.85. The van der Waals surface area contributed by atoms with Gasteiger partial charge < -0.3 is 9.47 Å². The fourth-order valence-electron chi connectivity index (χ4n) is 2.62. The molecule has 0 atom stereocenters. The molecule has 2 aromatic carbocycles. The maximum atomic E-state index is 12.7. The molecule has 0 spiro atoms. The van der Waals surface area contributed by atoms with Crippen LogP contribution in [0.3, 0.4) is 0 Å². The lowest BCUT2D eigenvalue weighted by atomic mass is 10.1. The third-order valence-electron chi connectivity index (χ3n) is 3.94. The van der Waals surface area contributed by atoms with Crippen LogP contribution in [0.4, 0.5) is 4.79 Å². The second-order valence-corrected chi connectivity index (χ2v) is 7.39. The van der Waals surface area contributed by atoms with Gasteiger partial charge in [0.25, 0.3) is 11.1 Å². The molecule has 0 unspecified atom stereocenters. The van der Waals surface area contributed by atoms with E-state index in [0.29, 0.717) is 37.6 Å². The summed E-state index contributed by atoms with van der Waals surface area (Å²) >= 11 is 13.2. The average Bonchev–Trinajstić information content (AvgIpc) is 3.16. The van der Waals surface area contributed by atoms with E-state index in [4.69, 9.17) is 32.7 Å². The summed E-state index contributed by atoms with van der Waals surface area (Å²) in [6, 6.07) is 10.4. The van der Waals surface area contributed by atoms with E-state index in [1.807, 2.05) is 6.07 Å². The molecule has 2 aliphatic rings. The Hall–Kier alpha value is -2.15. The lowest BCUT2D eigenvalue weighted by Crippen LogP contribution is -2.27. The number of hydrogen-bond acceptors (Lipinski definition) is 5. The van der Waals surface area contributed by atoms with Crippen molar-refractivity contribution in [3.05, 3.63) is 62.5 Å². The minimum atomic E-state index is -0.381. The Kier molecular flexibility index (Phi) is 4.56. The van der Waals surface area contributed by atoms with Gasteiger partial charge in [0.2, 0.25) is 6.79 Å². The van der Waals surface area contributed by atoms with Gasteiger partial charge in [0.15, 0.2) is 11.5 Å². The molecular formula is C18H11Cl2NO4S. The van der Waals surface area contributed by atoms with Crippen LogP contribution in [0.15, 0.2) is 41.3 Å². The van der Waals surface area contributed by atoms with Gasteiger partial charge in [0, 0.05) is 16.1 Å². The number of hydrogen-bond donors (Lipinski definition) is 0. The Morgan fingerprint density at radius 3 is 2.58 bits per heavy atom. The summed E-state index contributed by atoms with van der Waals surface area (Å²) in [5, 5.41) is 0.559. The van der Waals surface area contributed by atoms with Crippen molar-refractivity contribution in [3.8, 4) is 11.5 Å². The Balaban J connectivity index is 1.60. The number of carbonyl (C=O) groups excluding carboxylic acids is 2. The lowest BCUT2D eigenvalue weighted by molar-refractivity contribution is -0.123. The minimum absolute atomic E-state index is 0.0556. The van der Waals surface area contributed by atoms with E-state index in [0.717, 1.165) is 16.7 Å². The molecule has 0 radical (unpaired) electrons. The van der Waals surface area contributed by atoms with Crippen LogP contribution in [0.5, 0.6) is 11.5 Å². The molecule has 132 valence electrons. The second-order valence-electron chi connectivity index (χ2n) is 5.59. The predicted octanol–water partition coefficient (Wildman–Crippen LogP) is 4.96. The first kappa shape index (κ1) is 17.3. The lowest BCUT2D eigenvalue weighted by Gasteiger charge is -2.14. The van der Waals surface area contributed by atoms with Gasteiger partial charge in [-0.25, -0.2) is 0 Å². The maximum Gasteiger partial charge on any atom is 0.293 e. The van der Waals surface area contributed by atoms with Crippen molar-refractivity contribution in [1.29, 1.82) is 0 Å². The Morgan fingerprint density at radius 2 is 1.81 bits per heavy atom. The smallest absolute Gasteiger partial charge is 0.293 e. The molecule has 8 heteroatoms. The molecule has 1 saturated heterocycles. The van der Waals surface area contributed by atoms with Crippen molar-refractivity contribution in [2.24, 2.45) is 0 Å². The van der Waals surface area contributed by atoms with Gasteiger partial charge in [-0.05, 0) is 41.1 Å². The zero-order valence-electron chi connectivity index (χ0n) is 13.2. The number of nitrogens with zero attached hydrogens (tertiary/aromatic N) is 1. The maximum absolute atomic E-state index is 12.7. The molecule has 2 amide bonds. The highest BCUT2D eigenvalue weighted by atomic mass is 35.5. The van der Waals surface area contributed by atoms with E-state index < -0.39 is 0 Å². The molecule has 0 N–H and O–H groups in total. The Morgan fingerprint density at radius 1 is 1.08 bits per heavy atom. The topological polar surface area (TPSA) is 55.8 Å². The summed E-state index contributed by atoms with van der Waals surface area (Å²) in [4.78, 5) is 26.4. The number of fused-ring (bicyclic) bond motifs is 1. The van der Waals surface area contributed by atoms with E-state index in [2.05, 4.69) is 0 Å². The zero-order chi connectivity index (χ0) is 18.3. The summed E-state index contributed by atoms with van der Waals surface area (Å²) in [6.45, 7) is 0.178. The molecular weight excluding hydrogens is 397 g/mol. The van der Waals surface area contributed by atoms with Crippen molar-refractivity contribution < 1.29 is 19.1 Å². The van der Waals surface area contributed by atoms with Crippen LogP contribution in [0.2, 0.25) is 10.0 Å². The van der Waals surface area contributed by atoms with Gasteiger partial charge in [-0.2, -0.15) is 0 Å². The van der Waals surface area contributed by atoms with Gasteiger partial charge in [-0.3, -0.25) is 14.5 Å². The monoisotopic (exact) mass is 407 g/mol. The van der Waals surface area contributed by atoms with Gasteiger partial charge in [0.1, 0.15) is 0 Å². The van der Waals surface area contributed by atoms with Crippen LogP contribution in [0, 0.1) is 0 Å². The van der Waals surface area contributed by atoms with Crippen LogP contribution >= 0.6 is 35.0 Å². The Labute approximate surface area is 163 Å². The van der Waals surface area contributed by atoms with Crippen LogP contribution in [0.1, 0.15) is 11.1 Å². The minimum Gasteiger partial charge on any atom is -0.454 e. The zero-order valence-corrected chi connectivity index (χ0v) is 15.5. The SMILES string of the molecule is O=C1S/C(=C\c2ccccc2Cl)C(=O)N1Cc1cc2c(cc1Cl)OCO2. The first-order valence-electron chi connectivity index (χ1n) is 7.61. The summed E-state index contributed by atoms with van der Waals surface area (Å²) in [7, 11) is 0. The molecule has 1 fully saturated rings. The molecule has 2 aliphatic heterocycles. The number of rotatable bonds is 3. The highest BCUT2D eigenvalue weighted by molar-refractivity contribution is 8.18. The quantitative estimate of drug-likeness (QED) is 0.672. The van der Waals surface area contributed by atoms with Crippen LogP contribution in [-0.4, -0.2) is 22.8 Å². The van der Waals surface area contributed by atoms with Crippen LogP contribution in [-0.2, 0) is 11.3 Å². The number of imide groups is 1. The highest BCUT2D eigenvalue weighted by Gasteiger charge is 2.35. The fraction of sp³-hybridized carbons (Fsp3) is 0.111. The highest BCUT2D eigenvalue weighted by Crippen LogP contribution is 2.39. The third kappa shape index (κ3) is 3.16. The normalized spacial score (nSPS) is 17.5. The van der Waals surface area contributed by atoms with E-state index in [-0.39, 0.29) is 24.5 Å². The van der Waals surface area contributed by atoms with Gasteiger partial charge in [0.05, 0.1) is 11.4 Å². The number of thioether (sulfide) groups is 1. The summed E-state index contributed by atoms with van der Waals surface area (Å²) in [5.41, 5.74) is 1.29. The molecule has 26 heavy (non-hydrogen) atoms. The largest absolute Gasteiger partial charge is 0.454 e. The van der Waals surface area contributed by atoms with E-state index >= 15 is 0 Å². The van der Waals surface area contributed by atoms with Gasteiger partial charge in [-0.15, -0.1) is 0 Å². The predicted molar refractivity (Wildman–Crippen MR) is 101 cm³/mol. The van der Waals surface area contributed by atoms with Crippen molar-refractivity contribution in [2.75, 3.05) is 6.79 Å². The van der Waals surface area contributed by atoms with Crippen molar-refractivity contribution >= 4 is 52.2 Å². The molecule has 0 bridgehead atoms. The van der Waals surface area contributed by atoms with Gasteiger partial charge >= 0.3 is 0 Å². The van der Waals surface area contributed by atoms with E-state index in [1.165, 1.54) is 0 Å². The standard InChI is InChI=1S/C18H11Cl2NO4S/c19-12-4-2-1-3-10(12)6-16-17(22)21(18(23)26-16)8-11-5-14-15(7-13(11)20)25-9-24-14/h1-7H,8-9H2/b16-6-. The second kappa shape index (κ2) is 6.87. The van der Waals surface area contributed by atoms with Crippen molar-refractivity contribution in [2.45, 2.75) is 6.54 Å². The van der Waals surface area contributed by atoms with Gasteiger partial charge in [-0.1, -0.05) is 41.4 Å². The summed E-state index contributed by atoms with van der Waals surface area (Å²) in [6.07, 6.45) is 1.62. The summed E-state index contributed by atoms with van der Waals surface area (Å²) < 4.78 is 10.6. The molecule has 4 rings (SSSR count). The first-order chi connectivity index (χ1) is 12.5. The van der Waals surface area contributed by atoms with E-state index in [9.17, 15) is 9.59 Å². The first-order valence-corrected chi connectivity index (χ1v) is 9.18. The molecule has 2 aromatic rings. The molecule has 0 aliphatic carbocycles. The van der Waals surface area contributed by atoms with Crippen LogP contribution in [0.25, 0.3) is 6.08 Å². The number of carbonyl (C=O) groups is 2. The third-order valence-corrected chi connectivity index (χ3v) is 5.54. The number of benzene rings is 2. The average molecular weight is 408 g/mol. The molecule has 0 aromatic heterocycles. The van der Waals surface area contributed by atoms with Crippen molar-refractivity contribution in [3.63, 3.8) is 0 Å². The molecule has 5 nitrogen and oxygen atoms in total. The van der Waals surface area contributed by atoms with Crippen molar-refractivity contribution in [1.82, 2.24) is 4.90 Å². The van der Waals surface area contributed by atoms with Crippen LogP contribution < -0.4 is 9.47 Å². The molecule has 2 heterocycles. The Bertz CT molecular complexity index is 960. The summed E-state index contributed by atoms with van der Waals surface area (Å²) in [5.74, 6) is 0.711.